The fourth-order valence-corrected chi connectivity index (χ4v) is 3.50. The molecule has 0 saturated heterocycles. The van der Waals surface area contributed by atoms with Gasteiger partial charge in [-0.3, -0.25) is 0 Å². The molecule has 0 radical (unpaired) electrons. The predicted octanol–water partition coefficient (Wildman–Crippen LogP) is 4.13. The molecule has 1 nitrogen and oxygen atoms in total. The van der Waals surface area contributed by atoms with Gasteiger partial charge < -0.3 is 5.11 Å². The summed E-state index contributed by atoms with van der Waals surface area (Å²) in [5.41, 5.74) is 0.892. The highest BCUT2D eigenvalue weighted by Crippen LogP contribution is 2.58. The predicted molar refractivity (Wildman–Crippen MR) is 67.8 cm³/mol. The molecule has 2 rings (SSSR count). The van der Waals surface area contributed by atoms with Gasteiger partial charge in [0, 0.05) is 10.4 Å². The first kappa shape index (κ1) is 12.8. The van der Waals surface area contributed by atoms with Gasteiger partial charge in [0.2, 0.25) is 0 Å². The summed E-state index contributed by atoms with van der Waals surface area (Å²) in [5.74, 6) is -0.0576. The normalized spacial score (nSPS) is 26.6. The maximum atomic E-state index is 13.0. The summed E-state index contributed by atoms with van der Waals surface area (Å²) in [7, 11) is 0. The molecule has 0 bridgehead atoms. The van der Waals surface area contributed by atoms with Gasteiger partial charge in [-0.2, -0.15) is 0 Å². The van der Waals surface area contributed by atoms with E-state index in [0.29, 0.717) is 5.02 Å². The Hall–Kier alpha value is -0.600. The number of benzene rings is 1. The first-order valence-corrected chi connectivity index (χ1v) is 6.56. The van der Waals surface area contributed by atoms with Crippen LogP contribution in [0.15, 0.2) is 18.2 Å². The van der Waals surface area contributed by atoms with Crippen molar-refractivity contribution in [2.24, 2.45) is 5.41 Å². The Morgan fingerprint density at radius 3 is 2.53 bits per heavy atom. The van der Waals surface area contributed by atoms with Gasteiger partial charge in [0.05, 0.1) is 6.10 Å². The lowest BCUT2D eigenvalue weighted by Gasteiger charge is -2.54. The van der Waals surface area contributed by atoms with Crippen molar-refractivity contribution in [2.75, 3.05) is 0 Å². The topological polar surface area (TPSA) is 20.2 Å². The van der Waals surface area contributed by atoms with E-state index in [1.165, 1.54) is 12.1 Å². The Labute approximate surface area is 107 Å². The molecule has 1 saturated carbocycles. The van der Waals surface area contributed by atoms with Gasteiger partial charge in [0.15, 0.2) is 0 Å². The number of rotatable bonds is 3. The van der Waals surface area contributed by atoms with Crippen LogP contribution in [0.3, 0.4) is 0 Å². The van der Waals surface area contributed by atoms with E-state index < -0.39 is 0 Å². The van der Waals surface area contributed by atoms with Gasteiger partial charge in [0.1, 0.15) is 5.82 Å². The Bertz CT molecular complexity index is 415. The average molecular weight is 257 g/mol. The molecule has 0 heterocycles. The van der Waals surface area contributed by atoms with Crippen molar-refractivity contribution in [2.45, 2.75) is 45.1 Å². The van der Waals surface area contributed by atoms with Crippen LogP contribution < -0.4 is 0 Å². The van der Waals surface area contributed by atoms with Crippen LogP contribution in [0.4, 0.5) is 4.39 Å². The Morgan fingerprint density at radius 2 is 2.06 bits per heavy atom. The van der Waals surface area contributed by atoms with E-state index in [9.17, 15) is 9.50 Å². The summed E-state index contributed by atoms with van der Waals surface area (Å²) < 4.78 is 13.0. The van der Waals surface area contributed by atoms with E-state index in [4.69, 9.17) is 11.6 Å². The molecule has 0 spiro atoms. The zero-order valence-corrected chi connectivity index (χ0v) is 11.0. The molecule has 0 aromatic heterocycles. The van der Waals surface area contributed by atoms with Gasteiger partial charge in [-0.15, -0.1) is 0 Å². The molecule has 1 aliphatic carbocycles. The second-order valence-electron chi connectivity index (χ2n) is 4.91. The van der Waals surface area contributed by atoms with Crippen molar-refractivity contribution in [1.29, 1.82) is 0 Å². The highest BCUT2D eigenvalue weighted by Gasteiger charge is 2.52. The van der Waals surface area contributed by atoms with Gasteiger partial charge >= 0.3 is 0 Å². The van der Waals surface area contributed by atoms with Crippen molar-refractivity contribution in [3.05, 3.63) is 34.6 Å². The van der Waals surface area contributed by atoms with Crippen LogP contribution in [0.2, 0.25) is 5.02 Å². The van der Waals surface area contributed by atoms with Gasteiger partial charge in [-0.25, -0.2) is 4.39 Å². The van der Waals surface area contributed by atoms with Crippen LogP contribution in [-0.4, -0.2) is 11.2 Å². The molecule has 2 unspecified atom stereocenters. The maximum absolute atomic E-state index is 13.0. The highest BCUT2D eigenvalue weighted by molar-refractivity contribution is 6.31. The third-order valence-electron chi connectivity index (χ3n) is 4.47. The molecular formula is C14H18ClFO. The molecule has 0 aliphatic heterocycles. The monoisotopic (exact) mass is 256 g/mol. The van der Waals surface area contributed by atoms with Crippen molar-refractivity contribution < 1.29 is 9.50 Å². The number of halogens is 2. The minimum Gasteiger partial charge on any atom is -0.393 e. The van der Waals surface area contributed by atoms with Gasteiger partial charge in [0.25, 0.3) is 0 Å². The van der Waals surface area contributed by atoms with E-state index in [1.807, 2.05) is 0 Å². The van der Waals surface area contributed by atoms with E-state index in [0.717, 1.165) is 24.8 Å². The summed E-state index contributed by atoms with van der Waals surface area (Å²) in [5, 5.41) is 10.5. The zero-order chi connectivity index (χ0) is 12.6. The van der Waals surface area contributed by atoms with E-state index >= 15 is 0 Å². The molecule has 0 amide bonds. The highest BCUT2D eigenvalue weighted by atomic mass is 35.5. The summed E-state index contributed by atoms with van der Waals surface area (Å²) in [6.07, 6.45) is 2.31. The fraction of sp³-hybridized carbons (Fsp3) is 0.571. The van der Waals surface area contributed by atoms with E-state index in [1.54, 1.807) is 6.07 Å². The lowest BCUT2D eigenvalue weighted by Crippen LogP contribution is -2.51. The number of aliphatic hydroxyl groups excluding tert-OH is 1. The van der Waals surface area contributed by atoms with Gasteiger partial charge in [-0.1, -0.05) is 31.5 Å². The molecule has 1 fully saturated rings. The van der Waals surface area contributed by atoms with Crippen LogP contribution in [0.1, 0.15) is 44.6 Å². The van der Waals surface area contributed by atoms with Crippen LogP contribution in [0, 0.1) is 11.2 Å². The largest absolute Gasteiger partial charge is 0.393 e. The molecule has 3 heteroatoms. The minimum atomic E-state index is -0.308. The summed E-state index contributed by atoms with van der Waals surface area (Å²) in [4.78, 5) is 0. The minimum absolute atomic E-state index is 0.0819. The Morgan fingerprint density at radius 1 is 1.41 bits per heavy atom. The SMILES string of the molecule is CCC1(CC)C(O)CC1c1ccc(F)cc1Cl. The average Bonchev–Trinajstić information content (AvgIpc) is 2.29. The molecule has 1 N–H and O–H groups in total. The zero-order valence-electron chi connectivity index (χ0n) is 10.2. The quantitative estimate of drug-likeness (QED) is 0.862. The molecule has 1 aromatic rings. The van der Waals surface area contributed by atoms with Crippen molar-refractivity contribution >= 4 is 11.6 Å². The second-order valence-corrected chi connectivity index (χ2v) is 5.32. The number of hydrogen-bond acceptors (Lipinski definition) is 1. The first-order valence-electron chi connectivity index (χ1n) is 6.18. The lowest BCUT2D eigenvalue weighted by atomic mass is 9.53. The number of aliphatic hydroxyl groups is 1. The summed E-state index contributed by atoms with van der Waals surface area (Å²) >= 11 is 6.10. The molecule has 1 aliphatic rings. The van der Waals surface area contributed by atoms with Crippen molar-refractivity contribution in [3.63, 3.8) is 0 Å². The second kappa shape index (κ2) is 4.58. The van der Waals surface area contributed by atoms with E-state index in [-0.39, 0.29) is 23.3 Å². The maximum Gasteiger partial charge on any atom is 0.124 e. The van der Waals surface area contributed by atoms with Crippen molar-refractivity contribution in [1.82, 2.24) is 0 Å². The molecular weight excluding hydrogens is 239 g/mol. The molecule has 2 atom stereocenters. The standard InChI is InChI=1S/C14H18ClFO/c1-3-14(4-2)11(8-13(14)17)10-6-5-9(16)7-12(10)15/h5-7,11,13,17H,3-4,8H2,1-2H3. The molecule has 94 valence electrons. The molecule has 1 aromatic carbocycles. The van der Waals surface area contributed by atoms with Gasteiger partial charge in [-0.05, 0) is 42.9 Å². The summed E-state index contributed by atoms with van der Waals surface area (Å²) in [6.45, 7) is 4.19. The van der Waals surface area contributed by atoms with E-state index in [2.05, 4.69) is 13.8 Å². The van der Waals surface area contributed by atoms with Crippen LogP contribution in [0.5, 0.6) is 0 Å². The lowest BCUT2D eigenvalue weighted by molar-refractivity contribution is -0.0931. The van der Waals surface area contributed by atoms with Crippen LogP contribution in [-0.2, 0) is 0 Å². The van der Waals surface area contributed by atoms with Crippen LogP contribution in [0.25, 0.3) is 0 Å². The summed E-state index contributed by atoms with van der Waals surface area (Å²) in [6, 6.07) is 4.56. The third kappa shape index (κ3) is 1.88. The Balaban J connectivity index is 2.35. The third-order valence-corrected chi connectivity index (χ3v) is 4.80. The Kier molecular flexibility index (Phi) is 3.46. The smallest absolute Gasteiger partial charge is 0.124 e. The van der Waals surface area contributed by atoms with Crippen molar-refractivity contribution in [3.8, 4) is 0 Å². The van der Waals surface area contributed by atoms with Crippen LogP contribution >= 0.6 is 11.6 Å². The molecule has 17 heavy (non-hydrogen) atoms. The number of hydrogen-bond donors (Lipinski definition) is 1. The fourth-order valence-electron chi connectivity index (χ4n) is 3.20. The first-order chi connectivity index (χ1) is 8.05.